The minimum absolute atomic E-state index is 0.678. The first kappa shape index (κ1) is 9.48. The molecular formula is C15H9NO2. The van der Waals surface area contributed by atoms with Crippen LogP contribution in [0, 0.1) is 0 Å². The van der Waals surface area contributed by atoms with Gasteiger partial charge < -0.3 is 9.40 Å². The molecule has 0 saturated heterocycles. The van der Waals surface area contributed by atoms with Crippen LogP contribution < -0.4 is 0 Å². The van der Waals surface area contributed by atoms with Crippen molar-refractivity contribution in [2.24, 2.45) is 0 Å². The summed E-state index contributed by atoms with van der Waals surface area (Å²) in [4.78, 5) is 14.1. The first-order chi connectivity index (χ1) is 8.86. The predicted molar refractivity (Wildman–Crippen MR) is 71.0 cm³/mol. The van der Waals surface area contributed by atoms with Crippen molar-refractivity contribution in [1.29, 1.82) is 0 Å². The number of aromatic nitrogens is 1. The zero-order chi connectivity index (χ0) is 12.1. The van der Waals surface area contributed by atoms with E-state index in [-0.39, 0.29) is 0 Å². The normalized spacial score (nSPS) is 11.6. The predicted octanol–water partition coefficient (Wildman–Crippen LogP) is 3.88. The summed E-state index contributed by atoms with van der Waals surface area (Å²) in [5.41, 5.74) is 3.30. The minimum atomic E-state index is 0.678. The summed E-state index contributed by atoms with van der Waals surface area (Å²) >= 11 is 0. The molecule has 0 fully saturated rings. The third kappa shape index (κ3) is 1.10. The van der Waals surface area contributed by atoms with Crippen molar-refractivity contribution in [2.75, 3.05) is 0 Å². The standard InChI is InChI=1S/C15H9NO2/c17-8-9-7-16-13-6-15-12(5-11(9)13)10-3-1-2-4-14(10)18-15/h1-8,16H. The van der Waals surface area contributed by atoms with Crippen LogP contribution >= 0.6 is 0 Å². The lowest BCUT2D eigenvalue weighted by atomic mass is 10.1. The van der Waals surface area contributed by atoms with Crippen molar-refractivity contribution in [2.45, 2.75) is 0 Å². The summed E-state index contributed by atoms with van der Waals surface area (Å²) in [6, 6.07) is 11.9. The van der Waals surface area contributed by atoms with E-state index in [0.29, 0.717) is 5.56 Å². The second-order valence-corrected chi connectivity index (χ2v) is 4.35. The molecule has 86 valence electrons. The smallest absolute Gasteiger partial charge is 0.152 e. The van der Waals surface area contributed by atoms with E-state index in [2.05, 4.69) is 4.98 Å². The van der Waals surface area contributed by atoms with Gasteiger partial charge in [0.15, 0.2) is 6.29 Å². The summed E-state index contributed by atoms with van der Waals surface area (Å²) < 4.78 is 5.80. The summed E-state index contributed by atoms with van der Waals surface area (Å²) in [7, 11) is 0. The molecule has 0 atom stereocenters. The Balaban J connectivity index is 2.25. The van der Waals surface area contributed by atoms with Crippen LogP contribution in [0.3, 0.4) is 0 Å². The van der Waals surface area contributed by atoms with Gasteiger partial charge in [-0.05, 0) is 12.1 Å². The first-order valence-corrected chi connectivity index (χ1v) is 5.74. The van der Waals surface area contributed by atoms with Crippen molar-refractivity contribution >= 4 is 39.1 Å². The van der Waals surface area contributed by atoms with Gasteiger partial charge in [0, 0.05) is 39.5 Å². The van der Waals surface area contributed by atoms with E-state index in [1.807, 2.05) is 36.4 Å². The Bertz CT molecular complexity index is 899. The lowest BCUT2D eigenvalue weighted by molar-refractivity contribution is 0.112. The Labute approximate surface area is 102 Å². The quantitative estimate of drug-likeness (QED) is 0.509. The number of nitrogens with one attached hydrogen (secondary N) is 1. The molecule has 2 aromatic heterocycles. The highest BCUT2D eigenvalue weighted by Gasteiger charge is 2.10. The largest absolute Gasteiger partial charge is 0.456 e. The number of benzene rings is 2. The molecule has 0 aliphatic heterocycles. The Morgan fingerprint density at radius 2 is 1.89 bits per heavy atom. The number of furan rings is 1. The topological polar surface area (TPSA) is 46.0 Å². The molecule has 18 heavy (non-hydrogen) atoms. The molecule has 3 heteroatoms. The van der Waals surface area contributed by atoms with Crippen molar-refractivity contribution in [1.82, 2.24) is 4.98 Å². The van der Waals surface area contributed by atoms with E-state index < -0.39 is 0 Å². The Morgan fingerprint density at radius 3 is 2.78 bits per heavy atom. The summed E-state index contributed by atoms with van der Waals surface area (Å²) in [6.45, 7) is 0. The molecule has 0 amide bonds. The average molecular weight is 235 g/mol. The van der Waals surface area contributed by atoms with Gasteiger partial charge in [-0.25, -0.2) is 0 Å². The van der Waals surface area contributed by atoms with Crippen LogP contribution in [0.2, 0.25) is 0 Å². The fourth-order valence-electron chi connectivity index (χ4n) is 2.46. The average Bonchev–Trinajstić information content (AvgIpc) is 2.96. The number of carbonyl (C=O) groups is 1. The molecule has 4 rings (SSSR count). The Kier molecular flexibility index (Phi) is 1.70. The molecular weight excluding hydrogens is 226 g/mol. The highest BCUT2D eigenvalue weighted by Crippen LogP contribution is 2.32. The maximum Gasteiger partial charge on any atom is 0.152 e. The molecule has 0 aliphatic carbocycles. The number of aromatic amines is 1. The molecule has 0 spiro atoms. The van der Waals surface area contributed by atoms with Gasteiger partial charge in [-0.1, -0.05) is 18.2 Å². The van der Waals surface area contributed by atoms with Crippen molar-refractivity contribution in [3.63, 3.8) is 0 Å². The molecule has 2 aromatic carbocycles. The molecule has 4 aromatic rings. The van der Waals surface area contributed by atoms with E-state index in [1.54, 1.807) is 6.20 Å². The van der Waals surface area contributed by atoms with Gasteiger partial charge in [0.2, 0.25) is 0 Å². The Morgan fingerprint density at radius 1 is 1.00 bits per heavy atom. The van der Waals surface area contributed by atoms with Gasteiger partial charge in [-0.2, -0.15) is 0 Å². The van der Waals surface area contributed by atoms with Crippen LogP contribution in [0.4, 0.5) is 0 Å². The highest BCUT2D eigenvalue weighted by atomic mass is 16.3. The zero-order valence-electron chi connectivity index (χ0n) is 9.44. The second kappa shape index (κ2) is 3.23. The van der Waals surface area contributed by atoms with Crippen LogP contribution in [-0.4, -0.2) is 11.3 Å². The van der Waals surface area contributed by atoms with Gasteiger partial charge in [0.05, 0.1) is 0 Å². The highest BCUT2D eigenvalue weighted by molar-refractivity contribution is 6.12. The number of para-hydroxylation sites is 1. The van der Waals surface area contributed by atoms with Crippen LogP contribution in [0.15, 0.2) is 47.0 Å². The van der Waals surface area contributed by atoms with E-state index in [4.69, 9.17) is 4.42 Å². The molecule has 1 N–H and O–H groups in total. The third-order valence-electron chi connectivity index (χ3n) is 3.34. The summed E-state index contributed by atoms with van der Waals surface area (Å²) in [6.07, 6.45) is 2.59. The van der Waals surface area contributed by atoms with Crippen LogP contribution in [0.5, 0.6) is 0 Å². The first-order valence-electron chi connectivity index (χ1n) is 5.74. The van der Waals surface area contributed by atoms with E-state index in [1.165, 1.54) is 0 Å². The maximum absolute atomic E-state index is 11.0. The van der Waals surface area contributed by atoms with Crippen LogP contribution in [0.25, 0.3) is 32.8 Å². The number of H-pyrrole nitrogens is 1. The molecule has 3 nitrogen and oxygen atoms in total. The van der Waals surface area contributed by atoms with Crippen molar-refractivity contribution in [3.8, 4) is 0 Å². The number of hydrogen-bond acceptors (Lipinski definition) is 2. The molecule has 0 aliphatic rings. The van der Waals surface area contributed by atoms with Crippen molar-refractivity contribution in [3.05, 3.63) is 48.2 Å². The summed E-state index contributed by atoms with van der Waals surface area (Å²) in [5, 5.41) is 3.05. The zero-order valence-corrected chi connectivity index (χ0v) is 9.44. The van der Waals surface area contributed by atoms with Gasteiger partial charge in [-0.3, -0.25) is 4.79 Å². The number of rotatable bonds is 1. The lowest BCUT2D eigenvalue weighted by Gasteiger charge is -1.92. The number of carbonyl (C=O) groups excluding carboxylic acids is 1. The number of hydrogen-bond donors (Lipinski definition) is 1. The molecule has 0 unspecified atom stereocenters. The number of fused-ring (bicyclic) bond motifs is 4. The fourth-order valence-corrected chi connectivity index (χ4v) is 2.46. The molecule has 2 heterocycles. The van der Waals surface area contributed by atoms with Gasteiger partial charge in [0.1, 0.15) is 11.2 Å². The molecule has 0 saturated carbocycles. The van der Waals surface area contributed by atoms with Crippen LogP contribution in [-0.2, 0) is 0 Å². The van der Waals surface area contributed by atoms with Gasteiger partial charge >= 0.3 is 0 Å². The lowest BCUT2D eigenvalue weighted by Crippen LogP contribution is -1.74. The Hall–Kier alpha value is -2.55. The molecule has 0 radical (unpaired) electrons. The monoisotopic (exact) mass is 235 g/mol. The van der Waals surface area contributed by atoms with Gasteiger partial charge in [-0.15, -0.1) is 0 Å². The minimum Gasteiger partial charge on any atom is -0.456 e. The fraction of sp³-hybridized carbons (Fsp3) is 0. The van der Waals surface area contributed by atoms with E-state index in [9.17, 15) is 4.79 Å². The van der Waals surface area contributed by atoms with Gasteiger partial charge in [0.25, 0.3) is 0 Å². The van der Waals surface area contributed by atoms with E-state index in [0.717, 1.165) is 39.1 Å². The molecule has 0 bridgehead atoms. The number of aldehydes is 1. The SMILES string of the molecule is O=Cc1c[nH]c2cc3oc4ccccc4c3cc12. The summed E-state index contributed by atoms with van der Waals surface area (Å²) in [5.74, 6) is 0. The maximum atomic E-state index is 11.0. The van der Waals surface area contributed by atoms with Crippen LogP contribution in [0.1, 0.15) is 10.4 Å². The van der Waals surface area contributed by atoms with E-state index >= 15 is 0 Å². The second-order valence-electron chi connectivity index (χ2n) is 4.35. The van der Waals surface area contributed by atoms with Crippen molar-refractivity contribution < 1.29 is 9.21 Å². The third-order valence-corrected chi connectivity index (χ3v) is 3.34.